The van der Waals surface area contributed by atoms with Crippen molar-refractivity contribution in [3.05, 3.63) is 48.6 Å². The van der Waals surface area contributed by atoms with Gasteiger partial charge in [-0.05, 0) is 57.9 Å². The zero-order valence-corrected chi connectivity index (χ0v) is 27.5. The third-order valence-electron chi connectivity index (χ3n) is 10.2. The molecule has 4 rings (SSSR count). The fourth-order valence-electron chi connectivity index (χ4n) is 7.66. The summed E-state index contributed by atoms with van der Waals surface area (Å²) in [6, 6.07) is 9.61. The van der Waals surface area contributed by atoms with Crippen molar-refractivity contribution in [1.29, 1.82) is 0 Å². The van der Waals surface area contributed by atoms with Crippen molar-refractivity contribution in [2.45, 2.75) is 116 Å². The van der Waals surface area contributed by atoms with Crippen molar-refractivity contribution in [2.75, 3.05) is 0 Å². The normalized spacial score (nSPS) is 41.0. The summed E-state index contributed by atoms with van der Waals surface area (Å²) in [5, 5.41) is 16.8. The number of esters is 1. The zero-order valence-electron chi connectivity index (χ0n) is 27.5. The molecule has 9 atom stereocenters. The Kier molecular flexibility index (Phi) is 9.90. The minimum atomic E-state index is -2.93. The van der Waals surface area contributed by atoms with Crippen LogP contribution < -0.4 is 0 Å². The first-order valence-corrected chi connectivity index (χ1v) is 15.8. The second-order valence-corrected chi connectivity index (χ2v) is 13.5. The number of aliphatic imine (C=N–C) groups is 1. The van der Waals surface area contributed by atoms with Gasteiger partial charge in [0.15, 0.2) is 5.78 Å². The maximum atomic E-state index is 16.0. The number of ketones is 1. The topological polar surface area (TPSA) is 127 Å². The molecule has 0 aromatic heterocycles. The molecule has 2 aliphatic heterocycles. The lowest BCUT2D eigenvalue weighted by atomic mass is 9.67. The highest BCUT2D eigenvalue weighted by Gasteiger charge is 2.72. The van der Waals surface area contributed by atoms with Gasteiger partial charge in [-0.25, -0.2) is 14.2 Å². The summed E-state index contributed by atoms with van der Waals surface area (Å²) >= 11 is 0. The number of epoxide rings is 1. The average Bonchev–Trinajstić information content (AvgIpc) is 3.54. The maximum absolute atomic E-state index is 16.0. The van der Waals surface area contributed by atoms with Crippen LogP contribution in [0.3, 0.4) is 0 Å². The van der Waals surface area contributed by atoms with E-state index in [0.29, 0.717) is 24.3 Å². The number of ether oxygens (including phenoxy) is 2. The van der Waals surface area contributed by atoms with Crippen LogP contribution in [0.2, 0.25) is 0 Å². The molecule has 2 bridgehead atoms. The van der Waals surface area contributed by atoms with Crippen molar-refractivity contribution in [2.24, 2.45) is 33.8 Å². The predicted octanol–water partition coefficient (Wildman–Crippen LogP) is 5.72. The number of hydrogen-bond acceptors (Lipinski definition) is 8. The Morgan fingerprint density at radius 2 is 1.87 bits per heavy atom. The van der Waals surface area contributed by atoms with E-state index in [1.165, 1.54) is 6.92 Å². The molecule has 1 N–H and O–H groups in total. The molecule has 1 saturated carbocycles. The van der Waals surface area contributed by atoms with Crippen LogP contribution in [0, 0.1) is 23.7 Å². The van der Waals surface area contributed by atoms with E-state index in [9.17, 15) is 19.5 Å². The fourth-order valence-corrected chi connectivity index (χ4v) is 7.66. The lowest BCUT2D eigenvalue weighted by Gasteiger charge is -2.43. The SMILES string of the molecule is C=C[C@H]1C(=NC(C)=O)[C@H](C)[C@H]2CC/C(=N\OCc3ccccc3)CC13O[C@@]3(C)C[C@@H](C)C(=O)[C@](C)(F)C(=O)O[C@H](CC)[C@@]2(C)O. The Bertz CT molecular complexity index is 1370. The minimum Gasteiger partial charge on any atom is -0.457 e. The van der Waals surface area contributed by atoms with E-state index in [0.717, 1.165) is 12.5 Å². The molecular formula is C35H47FN2O7. The Balaban J connectivity index is 1.92. The highest BCUT2D eigenvalue weighted by molar-refractivity contribution is 6.07. The number of fused-ring (bicyclic) bond motifs is 3. The van der Waals surface area contributed by atoms with E-state index in [2.05, 4.69) is 16.7 Å². The number of alkyl halides is 1. The molecule has 1 aromatic rings. The number of oxime groups is 1. The average molecular weight is 627 g/mol. The highest BCUT2D eigenvalue weighted by Crippen LogP contribution is 2.61. The monoisotopic (exact) mass is 626 g/mol. The number of rotatable bonds is 5. The van der Waals surface area contributed by atoms with Gasteiger partial charge in [-0.2, -0.15) is 0 Å². The minimum absolute atomic E-state index is 0.0845. The second kappa shape index (κ2) is 12.9. The summed E-state index contributed by atoms with van der Waals surface area (Å²) < 4.78 is 28.2. The maximum Gasteiger partial charge on any atom is 0.351 e. The van der Waals surface area contributed by atoms with Gasteiger partial charge in [0.2, 0.25) is 5.91 Å². The lowest BCUT2D eigenvalue weighted by molar-refractivity contribution is -0.186. The number of nitrogens with zero attached hydrogens (tertiary/aromatic N) is 2. The van der Waals surface area contributed by atoms with Crippen molar-refractivity contribution in [3.63, 3.8) is 0 Å². The summed E-state index contributed by atoms with van der Waals surface area (Å²) in [4.78, 5) is 49.6. The first-order valence-electron chi connectivity index (χ1n) is 15.8. The van der Waals surface area contributed by atoms with Gasteiger partial charge in [0, 0.05) is 36.8 Å². The highest BCUT2D eigenvalue weighted by atomic mass is 19.1. The number of hydrogen-bond donors (Lipinski definition) is 1. The van der Waals surface area contributed by atoms with Gasteiger partial charge in [0.25, 0.3) is 5.67 Å². The standard InChI is InChI=1S/C35H47FN2O7/c1-9-26-29(37-23(5)39)22(4)27-17-16-25(38-43-20-24-14-12-11-13-15-24)19-35(26)32(6,45-35)18-21(3)30(40)33(7,36)31(41)44-28(10-2)34(27,8)42/h9,11-15,21-22,26-28,42H,1,10,16-20H2,2-8H3/b37-29?,38-25+/t21-,22-,26+,27-,28-,32+,33+,34+,35?/m1/s1. The van der Waals surface area contributed by atoms with E-state index in [4.69, 9.17) is 14.3 Å². The Morgan fingerprint density at radius 1 is 1.20 bits per heavy atom. The predicted molar refractivity (Wildman–Crippen MR) is 168 cm³/mol. The molecule has 45 heavy (non-hydrogen) atoms. The van der Waals surface area contributed by atoms with Gasteiger partial charge in [-0.1, -0.05) is 62.3 Å². The van der Waals surface area contributed by atoms with Crippen molar-refractivity contribution < 1.29 is 38.2 Å². The summed E-state index contributed by atoms with van der Waals surface area (Å²) in [7, 11) is 0. The van der Waals surface area contributed by atoms with Gasteiger partial charge >= 0.3 is 5.97 Å². The van der Waals surface area contributed by atoms with Gasteiger partial charge in [0.05, 0.1) is 11.3 Å². The quantitative estimate of drug-likeness (QED) is 0.146. The number of carbonyl (C=O) groups excluding carboxylic acids is 3. The molecule has 0 radical (unpaired) electrons. The number of cyclic esters (lactones) is 1. The van der Waals surface area contributed by atoms with Gasteiger partial charge in [-0.3, -0.25) is 9.59 Å². The molecular weight excluding hydrogens is 579 g/mol. The van der Waals surface area contributed by atoms with Crippen LogP contribution in [0.1, 0.15) is 86.1 Å². The summed E-state index contributed by atoms with van der Waals surface area (Å²) in [6.45, 7) is 15.2. The van der Waals surface area contributed by atoms with Gasteiger partial charge in [0.1, 0.15) is 23.9 Å². The van der Waals surface area contributed by atoms with Crippen LogP contribution in [0.15, 0.2) is 53.1 Å². The van der Waals surface area contributed by atoms with Crippen LogP contribution in [-0.2, 0) is 35.3 Å². The molecule has 1 spiro atoms. The number of aliphatic hydroxyl groups is 1. The molecule has 1 aliphatic carbocycles. The largest absolute Gasteiger partial charge is 0.457 e. The Hall–Kier alpha value is -3.24. The molecule has 10 heteroatoms. The van der Waals surface area contributed by atoms with Crippen LogP contribution in [-0.4, -0.2) is 62.8 Å². The molecule has 9 nitrogen and oxygen atoms in total. The van der Waals surface area contributed by atoms with E-state index in [-0.39, 0.29) is 25.9 Å². The molecule has 3 fully saturated rings. The van der Waals surface area contributed by atoms with Gasteiger partial charge < -0.3 is 19.4 Å². The number of benzene rings is 1. The van der Waals surface area contributed by atoms with Crippen molar-refractivity contribution >= 4 is 29.1 Å². The molecule has 3 aliphatic rings. The van der Waals surface area contributed by atoms with E-state index in [1.807, 2.05) is 44.2 Å². The van der Waals surface area contributed by atoms with E-state index >= 15 is 4.39 Å². The number of carbonyl (C=O) groups is 3. The molecule has 2 saturated heterocycles. The van der Waals surface area contributed by atoms with Crippen LogP contribution in [0.4, 0.5) is 4.39 Å². The van der Waals surface area contributed by atoms with Crippen LogP contribution in [0.5, 0.6) is 0 Å². The number of amides is 1. The number of Topliss-reactive ketones (excluding diaryl/α,β-unsaturated/α-hetero) is 1. The smallest absolute Gasteiger partial charge is 0.351 e. The summed E-state index contributed by atoms with van der Waals surface area (Å²) in [6.07, 6.45) is 1.76. The zero-order chi connectivity index (χ0) is 33.4. The first-order chi connectivity index (χ1) is 21.0. The molecule has 1 amide bonds. The van der Waals surface area contributed by atoms with E-state index < -0.39 is 69.9 Å². The Morgan fingerprint density at radius 3 is 2.47 bits per heavy atom. The van der Waals surface area contributed by atoms with Crippen LogP contribution in [0.25, 0.3) is 0 Å². The molecule has 1 unspecified atom stereocenters. The third-order valence-corrected chi connectivity index (χ3v) is 10.2. The van der Waals surface area contributed by atoms with Crippen molar-refractivity contribution in [1.82, 2.24) is 0 Å². The lowest BCUT2D eigenvalue weighted by Crippen LogP contribution is -2.55. The third kappa shape index (κ3) is 6.54. The first kappa shape index (κ1) is 34.6. The fraction of sp³-hybridized carbons (Fsp3) is 0.629. The molecule has 2 heterocycles. The van der Waals surface area contributed by atoms with Gasteiger partial charge in [-0.15, -0.1) is 6.58 Å². The summed E-state index contributed by atoms with van der Waals surface area (Å²) in [5.41, 5.74) is -4.63. The molecule has 246 valence electrons. The van der Waals surface area contributed by atoms with E-state index in [1.54, 1.807) is 26.8 Å². The Labute approximate surface area is 265 Å². The number of halogens is 1. The van der Waals surface area contributed by atoms with Crippen LogP contribution >= 0.6 is 0 Å². The molecule has 1 aromatic carbocycles. The summed E-state index contributed by atoms with van der Waals surface area (Å²) in [5.74, 6) is -5.41. The van der Waals surface area contributed by atoms with Crippen molar-refractivity contribution in [3.8, 4) is 0 Å². The second-order valence-electron chi connectivity index (χ2n) is 13.5.